The molecule has 20 heavy (non-hydrogen) atoms. The molecule has 0 amide bonds. The maximum atomic E-state index is 6.04. The van der Waals surface area contributed by atoms with E-state index >= 15 is 0 Å². The highest BCUT2D eigenvalue weighted by Gasteiger charge is 2.19. The van der Waals surface area contributed by atoms with Crippen molar-refractivity contribution in [3.8, 4) is 22.4 Å². The lowest BCUT2D eigenvalue weighted by molar-refractivity contribution is 0.439. The van der Waals surface area contributed by atoms with E-state index in [0.717, 1.165) is 21.2 Å². The molecule has 0 saturated heterocycles. The molecule has 0 saturated carbocycles. The van der Waals surface area contributed by atoms with Crippen LogP contribution in [-0.2, 0) is 0 Å². The lowest BCUT2D eigenvalue weighted by atomic mass is 10.0. The van der Waals surface area contributed by atoms with E-state index in [1.807, 2.05) is 48.5 Å². The molecule has 3 nitrogen and oxygen atoms in total. The van der Waals surface area contributed by atoms with Crippen LogP contribution in [0, 0.1) is 0 Å². The van der Waals surface area contributed by atoms with Crippen molar-refractivity contribution in [1.29, 1.82) is 0 Å². The predicted octanol–water partition coefficient (Wildman–Crippen LogP) is 5.01. The van der Waals surface area contributed by atoms with Crippen LogP contribution < -0.4 is 5.73 Å². The van der Waals surface area contributed by atoms with E-state index in [0.29, 0.717) is 10.7 Å². The Morgan fingerprint density at radius 1 is 1.10 bits per heavy atom. The summed E-state index contributed by atoms with van der Waals surface area (Å²) in [6.45, 7) is 0. The second-order valence-corrected chi connectivity index (χ2v) is 5.55. The summed E-state index contributed by atoms with van der Waals surface area (Å²) in [7, 11) is 0. The van der Waals surface area contributed by atoms with E-state index in [1.165, 1.54) is 0 Å². The van der Waals surface area contributed by atoms with Crippen LogP contribution in [0.15, 0.2) is 57.5 Å². The fraction of sp³-hybridized carbons (Fsp3) is 0. The molecule has 0 unspecified atom stereocenters. The molecule has 3 rings (SSSR count). The smallest absolute Gasteiger partial charge is 0.230 e. The maximum absolute atomic E-state index is 6.04. The predicted molar refractivity (Wildman–Crippen MR) is 84.5 cm³/mol. The fourth-order valence-corrected chi connectivity index (χ4v) is 2.73. The van der Waals surface area contributed by atoms with E-state index < -0.39 is 0 Å². The number of hydrogen-bond acceptors (Lipinski definition) is 3. The summed E-state index contributed by atoms with van der Waals surface area (Å²) in [5.41, 5.74) is 9.16. The van der Waals surface area contributed by atoms with Crippen molar-refractivity contribution in [2.24, 2.45) is 0 Å². The third-order valence-electron chi connectivity index (χ3n) is 2.96. The lowest BCUT2D eigenvalue weighted by Crippen LogP contribution is -1.88. The summed E-state index contributed by atoms with van der Waals surface area (Å²) >= 11 is 9.56. The van der Waals surface area contributed by atoms with Crippen molar-refractivity contribution >= 4 is 33.4 Å². The molecule has 0 aliphatic heterocycles. The largest absolute Gasteiger partial charge is 0.367 e. The number of benzene rings is 2. The van der Waals surface area contributed by atoms with Gasteiger partial charge in [-0.25, -0.2) is 0 Å². The Bertz CT molecular complexity index is 770. The molecule has 0 fully saturated rings. The van der Waals surface area contributed by atoms with Crippen LogP contribution in [0.2, 0.25) is 5.02 Å². The van der Waals surface area contributed by atoms with Gasteiger partial charge in [-0.2, -0.15) is 0 Å². The summed E-state index contributed by atoms with van der Waals surface area (Å²) in [4.78, 5) is 0. The van der Waals surface area contributed by atoms with E-state index in [9.17, 15) is 0 Å². The Morgan fingerprint density at radius 3 is 2.65 bits per heavy atom. The van der Waals surface area contributed by atoms with Crippen LogP contribution >= 0.6 is 27.5 Å². The molecule has 100 valence electrons. The van der Waals surface area contributed by atoms with Crippen LogP contribution in [-0.4, -0.2) is 5.16 Å². The number of hydrogen-bond donors (Lipinski definition) is 1. The Morgan fingerprint density at radius 2 is 1.90 bits per heavy atom. The Hall–Kier alpha value is -1.78. The standard InChI is InChI=1S/C15H10BrClN2O/c16-12-7-2-1-6-11(12)14-13(15(18)20-19-14)9-4-3-5-10(17)8-9/h1-8H,18H2. The Labute approximate surface area is 129 Å². The summed E-state index contributed by atoms with van der Waals surface area (Å²) in [5, 5.41) is 4.72. The number of rotatable bonds is 2. The molecular weight excluding hydrogens is 340 g/mol. The molecule has 0 bridgehead atoms. The van der Waals surface area contributed by atoms with E-state index in [1.54, 1.807) is 0 Å². The third kappa shape index (κ3) is 2.32. The van der Waals surface area contributed by atoms with Crippen molar-refractivity contribution in [2.75, 3.05) is 5.73 Å². The minimum Gasteiger partial charge on any atom is -0.367 e. The minimum atomic E-state index is 0.276. The van der Waals surface area contributed by atoms with Gasteiger partial charge in [-0.05, 0) is 23.8 Å². The van der Waals surface area contributed by atoms with Crippen LogP contribution in [0.1, 0.15) is 0 Å². The Balaban J connectivity index is 2.23. The zero-order chi connectivity index (χ0) is 14.1. The maximum Gasteiger partial charge on any atom is 0.230 e. The van der Waals surface area contributed by atoms with Gasteiger partial charge in [-0.15, -0.1) is 0 Å². The van der Waals surface area contributed by atoms with Crippen LogP contribution in [0.3, 0.4) is 0 Å². The first kappa shape index (κ1) is 13.2. The molecule has 3 aromatic rings. The van der Waals surface area contributed by atoms with Gasteiger partial charge in [-0.1, -0.05) is 63.0 Å². The van der Waals surface area contributed by atoms with E-state index in [4.69, 9.17) is 21.9 Å². The van der Waals surface area contributed by atoms with Crippen molar-refractivity contribution in [3.05, 3.63) is 58.0 Å². The van der Waals surface area contributed by atoms with Gasteiger partial charge in [-0.3, -0.25) is 0 Å². The van der Waals surface area contributed by atoms with Crippen LogP contribution in [0.4, 0.5) is 5.88 Å². The molecule has 0 spiro atoms. The molecule has 1 heterocycles. The van der Waals surface area contributed by atoms with Gasteiger partial charge in [0.2, 0.25) is 5.88 Å². The zero-order valence-electron chi connectivity index (χ0n) is 10.3. The number of aromatic nitrogens is 1. The molecule has 0 atom stereocenters. The summed E-state index contributed by atoms with van der Waals surface area (Å²) in [6, 6.07) is 15.2. The fourth-order valence-electron chi connectivity index (χ4n) is 2.06. The van der Waals surface area contributed by atoms with Gasteiger partial charge in [0, 0.05) is 15.1 Å². The first-order chi connectivity index (χ1) is 9.66. The highest BCUT2D eigenvalue weighted by atomic mass is 79.9. The molecule has 0 aliphatic carbocycles. The Kier molecular flexibility index (Phi) is 3.51. The summed E-state index contributed by atoms with van der Waals surface area (Å²) < 4.78 is 6.09. The van der Waals surface area contributed by atoms with Gasteiger partial charge < -0.3 is 10.3 Å². The molecule has 2 aromatic carbocycles. The van der Waals surface area contributed by atoms with Crippen molar-refractivity contribution < 1.29 is 4.52 Å². The van der Waals surface area contributed by atoms with Crippen molar-refractivity contribution in [1.82, 2.24) is 5.16 Å². The van der Waals surface area contributed by atoms with Crippen molar-refractivity contribution in [3.63, 3.8) is 0 Å². The topological polar surface area (TPSA) is 52.0 Å². The molecule has 0 radical (unpaired) electrons. The second-order valence-electron chi connectivity index (χ2n) is 4.26. The molecule has 2 N–H and O–H groups in total. The highest BCUT2D eigenvalue weighted by Crippen LogP contribution is 2.39. The molecule has 0 aliphatic rings. The SMILES string of the molecule is Nc1onc(-c2ccccc2Br)c1-c1cccc(Cl)c1. The van der Waals surface area contributed by atoms with Gasteiger partial charge in [0.1, 0.15) is 5.69 Å². The van der Waals surface area contributed by atoms with Gasteiger partial charge >= 0.3 is 0 Å². The number of anilines is 1. The second kappa shape index (κ2) is 5.31. The third-order valence-corrected chi connectivity index (χ3v) is 3.89. The number of nitrogen functional groups attached to an aromatic ring is 1. The van der Waals surface area contributed by atoms with Crippen LogP contribution in [0.5, 0.6) is 0 Å². The normalized spacial score (nSPS) is 10.7. The van der Waals surface area contributed by atoms with Gasteiger partial charge in [0.25, 0.3) is 0 Å². The zero-order valence-corrected chi connectivity index (χ0v) is 12.6. The summed E-state index contributed by atoms with van der Waals surface area (Å²) in [6.07, 6.45) is 0. The van der Waals surface area contributed by atoms with Crippen LogP contribution in [0.25, 0.3) is 22.4 Å². The lowest BCUT2D eigenvalue weighted by Gasteiger charge is -2.05. The summed E-state index contributed by atoms with van der Waals surface area (Å²) in [5.74, 6) is 0.276. The first-order valence-corrected chi connectivity index (χ1v) is 7.10. The average molecular weight is 350 g/mol. The highest BCUT2D eigenvalue weighted by molar-refractivity contribution is 9.10. The molecular formula is C15H10BrClN2O. The number of halogens is 2. The molecule has 5 heteroatoms. The monoisotopic (exact) mass is 348 g/mol. The van der Waals surface area contributed by atoms with Gasteiger partial charge in [0.15, 0.2) is 0 Å². The van der Waals surface area contributed by atoms with E-state index in [2.05, 4.69) is 21.1 Å². The van der Waals surface area contributed by atoms with Crippen molar-refractivity contribution in [2.45, 2.75) is 0 Å². The van der Waals surface area contributed by atoms with E-state index in [-0.39, 0.29) is 5.88 Å². The average Bonchev–Trinajstić information content (AvgIpc) is 2.81. The number of nitrogens with zero attached hydrogens (tertiary/aromatic N) is 1. The van der Waals surface area contributed by atoms with Gasteiger partial charge in [0.05, 0.1) is 5.56 Å². The quantitative estimate of drug-likeness (QED) is 0.708. The first-order valence-electron chi connectivity index (χ1n) is 5.93. The molecule has 1 aromatic heterocycles. The number of nitrogens with two attached hydrogens (primary N) is 1. The minimum absolute atomic E-state index is 0.276.